The lowest BCUT2D eigenvalue weighted by atomic mass is 10.1. The minimum absolute atomic E-state index is 0.0662. The number of amides is 1. The molecule has 1 N–H and O–H groups in total. The second kappa shape index (κ2) is 6.66. The number of piperazine rings is 1. The summed E-state index contributed by atoms with van der Waals surface area (Å²) in [5, 5.41) is 10.1. The van der Waals surface area contributed by atoms with E-state index in [-0.39, 0.29) is 6.54 Å². The molecule has 7 heteroatoms. The average Bonchev–Trinajstić information content (AvgIpc) is 2.44. The van der Waals surface area contributed by atoms with Crippen LogP contribution >= 0.6 is 11.6 Å². The maximum absolute atomic E-state index is 12.2. The number of carboxylic acids is 1. The van der Waals surface area contributed by atoms with E-state index in [2.05, 4.69) is 0 Å². The van der Waals surface area contributed by atoms with Crippen molar-refractivity contribution < 1.29 is 19.4 Å². The van der Waals surface area contributed by atoms with Crippen molar-refractivity contribution in [1.82, 2.24) is 4.90 Å². The van der Waals surface area contributed by atoms with Crippen molar-refractivity contribution in [2.75, 3.05) is 24.5 Å². The van der Waals surface area contributed by atoms with Gasteiger partial charge in [-0.25, -0.2) is 9.59 Å². The first kappa shape index (κ1) is 17.4. The van der Waals surface area contributed by atoms with Gasteiger partial charge in [-0.15, -0.1) is 0 Å². The summed E-state index contributed by atoms with van der Waals surface area (Å²) in [4.78, 5) is 27.0. The molecular weight excluding hydrogens is 320 g/mol. The van der Waals surface area contributed by atoms with Gasteiger partial charge in [0, 0.05) is 23.8 Å². The van der Waals surface area contributed by atoms with Crippen LogP contribution in [0.25, 0.3) is 0 Å². The van der Waals surface area contributed by atoms with Crippen molar-refractivity contribution >= 4 is 29.4 Å². The van der Waals surface area contributed by atoms with Gasteiger partial charge in [-0.3, -0.25) is 0 Å². The summed E-state index contributed by atoms with van der Waals surface area (Å²) in [5.74, 6) is -0.988. The van der Waals surface area contributed by atoms with Gasteiger partial charge in [0.2, 0.25) is 0 Å². The Morgan fingerprint density at radius 2 is 2.00 bits per heavy atom. The van der Waals surface area contributed by atoms with E-state index < -0.39 is 23.7 Å². The number of rotatable bonds is 2. The molecule has 0 aliphatic carbocycles. The van der Waals surface area contributed by atoms with Gasteiger partial charge in [0.1, 0.15) is 11.6 Å². The molecule has 1 fully saturated rings. The van der Waals surface area contributed by atoms with Gasteiger partial charge < -0.3 is 19.6 Å². The van der Waals surface area contributed by atoms with Crippen molar-refractivity contribution in [3.8, 4) is 0 Å². The minimum atomic E-state index is -0.988. The van der Waals surface area contributed by atoms with Gasteiger partial charge in [-0.05, 0) is 39.0 Å². The molecule has 0 spiro atoms. The van der Waals surface area contributed by atoms with Crippen molar-refractivity contribution in [2.24, 2.45) is 0 Å². The van der Waals surface area contributed by atoms with Gasteiger partial charge in [-0.1, -0.05) is 17.7 Å². The third-order valence-corrected chi connectivity index (χ3v) is 3.69. The molecule has 0 unspecified atom stereocenters. The number of anilines is 1. The van der Waals surface area contributed by atoms with E-state index >= 15 is 0 Å². The zero-order chi connectivity index (χ0) is 17.2. The highest BCUT2D eigenvalue weighted by Gasteiger charge is 2.36. The molecule has 0 bridgehead atoms. The van der Waals surface area contributed by atoms with Crippen LogP contribution in [-0.4, -0.2) is 53.3 Å². The van der Waals surface area contributed by atoms with E-state index in [4.69, 9.17) is 16.3 Å². The van der Waals surface area contributed by atoms with Crippen LogP contribution in [0.3, 0.4) is 0 Å². The van der Waals surface area contributed by atoms with Crippen molar-refractivity contribution in [3.63, 3.8) is 0 Å². The second-order valence-electron chi connectivity index (χ2n) is 6.45. The zero-order valence-corrected chi connectivity index (χ0v) is 14.2. The summed E-state index contributed by atoms with van der Waals surface area (Å²) < 4.78 is 5.32. The molecular formula is C16H21ClN2O4. The van der Waals surface area contributed by atoms with E-state index in [1.54, 1.807) is 43.9 Å². The Hall–Kier alpha value is -1.95. The van der Waals surface area contributed by atoms with E-state index in [0.717, 1.165) is 5.69 Å². The van der Waals surface area contributed by atoms with E-state index in [1.165, 1.54) is 4.90 Å². The third-order valence-electron chi connectivity index (χ3n) is 3.46. The summed E-state index contributed by atoms with van der Waals surface area (Å²) in [6.45, 7) is 6.20. The fourth-order valence-electron chi connectivity index (χ4n) is 2.45. The largest absolute Gasteiger partial charge is 0.480 e. The van der Waals surface area contributed by atoms with Crippen molar-refractivity contribution in [2.45, 2.75) is 32.4 Å². The number of carboxylic acid groups (broad SMARTS) is 1. The molecule has 1 heterocycles. The Kier molecular flexibility index (Phi) is 5.04. The minimum Gasteiger partial charge on any atom is -0.480 e. The lowest BCUT2D eigenvalue weighted by Gasteiger charge is -2.40. The van der Waals surface area contributed by atoms with Gasteiger partial charge in [0.25, 0.3) is 0 Å². The van der Waals surface area contributed by atoms with Crippen LogP contribution in [-0.2, 0) is 9.53 Å². The summed E-state index contributed by atoms with van der Waals surface area (Å²) in [6, 6.07) is 6.20. The lowest BCUT2D eigenvalue weighted by Crippen LogP contribution is -2.58. The average molecular weight is 341 g/mol. The van der Waals surface area contributed by atoms with E-state index in [1.807, 2.05) is 6.07 Å². The van der Waals surface area contributed by atoms with E-state index in [9.17, 15) is 14.7 Å². The molecule has 2 rings (SSSR count). The Morgan fingerprint density at radius 1 is 1.30 bits per heavy atom. The second-order valence-corrected chi connectivity index (χ2v) is 6.89. The number of aliphatic carboxylic acids is 1. The molecule has 126 valence electrons. The van der Waals surface area contributed by atoms with Crippen molar-refractivity contribution in [3.05, 3.63) is 29.3 Å². The molecule has 1 amide bonds. The molecule has 1 aromatic rings. The standard InChI is InChI=1S/C16H21ClN2O4/c1-16(2,3)23-15(22)18-7-8-19(13(10-18)14(20)21)12-6-4-5-11(17)9-12/h4-6,9,13H,7-8,10H2,1-3H3,(H,20,21)/t13-/m0/s1. The predicted octanol–water partition coefficient (Wildman–Crippen LogP) is 2.85. The number of hydrogen-bond donors (Lipinski definition) is 1. The topological polar surface area (TPSA) is 70.1 Å². The number of nitrogens with zero attached hydrogens (tertiary/aromatic N) is 2. The van der Waals surface area contributed by atoms with Crippen LogP contribution in [0, 0.1) is 0 Å². The molecule has 1 saturated heterocycles. The Morgan fingerprint density at radius 3 is 2.57 bits per heavy atom. The number of hydrogen-bond acceptors (Lipinski definition) is 4. The maximum Gasteiger partial charge on any atom is 0.410 e. The third kappa shape index (κ3) is 4.51. The van der Waals surface area contributed by atoms with Crippen LogP contribution in [0.15, 0.2) is 24.3 Å². The maximum atomic E-state index is 12.2. The number of carbonyl (C=O) groups excluding carboxylic acids is 1. The Bertz CT molecular complexity index is 600. The van der Waals surface area contributed by atoms with Gasteiger partial charge in [0.15, 0.2) is 0 Å². The van der Waals surface area contributed by atoms with Crippen LogP contribution in [0.5, 0.6) is 0 Å². The summed E-state index contributed by atoms with van der Waals surface area (Å²) in [5.41, 5.74) is 0.119. The van der Waals surface area contributed by atoms with Crippen LogP contribution in [0.1, 0.15) is 20.8 Å². The van der Waals surface area contributed by atoms with Crippen LogP contribution in [0.2, 0.25) is 5.02 Å². The summed E-state index contributed by atoms with van der Waals surface area (Å²) in [6.07, 6.45) is -0.491. The fourth-order valence-corrected chi connectivity index (χ4v) is 2.63. The molecule has 1 aromatic carbocycles. The number of benzene rings is 1. The van der Waals surface area contributed by atoms with Gasteiger partial charge in [-0.2, -0.15) is 0 Å². The summed E-state index contributed by atoms with van der Waals surface area (Å²) in [7, 11) is 0. The molecule has 6 nitrogen and oxygen atoms in total. The summed E-state index contributed by atoms with van der Waals surface area (Å²) >= 11 is 5.98. The number of ether oxygens (including phenoxy) is 1. The van der Waals surface area contributed by atoms with Crippen molar-refractivity contribution in [1.29, 1.82) is 0 Å². The fraction of sp³-hybridized carbons (Fsp3) is 0.500. The monoisotopic (exact) mass is 340 g/mol. The Balaban J connectivity index is 2.15. The van der Waals surface area contributed by atoms with Gasteiger partial charge in [0.05, 0.1) is 6.54 Å². The molecule has 1 aliphatic heterocycles. The highest BCUT2D eigenvalue weighted by Crippen LogP contribution is 2.24. The predicted molar refractivity (Wildman–Crippen MR) is 88.0 cm³/mol. The lowest BCUT2D eigenvalue weighted by molar-refractivity contribution is -0.139. The zero-order valence-electron chi connectivity index (χ0n) is 13.5. The highest BCUT2D eigenvalue weighted by atomic mass is 35.5. The molecule has 0 saturated carbocycles. The molecule has 23 heavy (non-hydrogen) atoms. The molecule has 0 aromatic heterocycles. The normalized spacial score (nSPS) is 18.7. The number of halogens is 1. The smallest absolute Gasteiger partial charge is 0.410 e. The first-order valence-corrected chi connectivity index (χ1v) is 7.78. The molecule has 1 atom stereocenters. The first-order chi connectivity index (χ1) is 10.7. The van der Waals surface area contributed by atoms with E-state index in [0.29, 0.717) is 18.1 Å². The molecule has 0 radical (unpaired) electrons. The molecule has 1 aliphatic rings. The van der Waals surface area contributed by atoms with Crippen LogP contribution in [0.4, 0.5) is 10.5 Å². The highest BCUT2D eigenvalue weighted by molar-refractivity contribution is 6.30. The quantitative estimate of drug-likeness (QED) is 0.896. The van der Waals surface area contributed by atoms with Gasteiger partial charge >= 0.3 is 12.1 Å². The number of carbonyl (C=O) groups is 2. The SMILES string of the molecule is CC(C)(C)OC(=O)N1CCN(c2cccc(Cl)c2)[C@H](C(=O)O)C1. The first-order valence-electron chi connectivity index (χ1n) is 7.40. The Labute approximate surface area is 140 Å². The van der Waals surface area contributed by atoms with Crippen LogP contribution < -0.4 is 4.90 Å².